The van der Waals surface area contributed by atoms with E-state index in [2.05, 4.69) is 10.6 Å². The summed E-state index contributed by atoms with van der Waals surface area (Å²) in [7, 11) is 0. The number of piperidine rings is 1. The molecule has 2 unspecified atom stereocenters. The van der Waals surface area contributed by atoms with Crippen LogP contribution in [-0.2, 0) is 32.2 Å². The molecule has 2 aromatic rings. The van der Waals surface area contributed by atoms with Crippen molar-refractivity contribution in [3.8, 4) is 5.75 Å². The quantitative estimate of drug-likeness (QED) is 0.290. The van der Waals surface area contributed by atoms with Crippen LogP contribution in [0.25, 0.3) is 0 Å². The molecule has 5 rings (SSSR count). The molecule has 0 radical (unpaired) electrons. The van der Waals surface area contributed by atoms with E-state index in [-0.39, 0.29) is 49.8 Å². The molecule has 2 saturated heterocycles. The first-order valence-electron chi connectivity index (χ1n) is 14.8. The molecule has 2 aromatic carbocycles. The lowest BCUT2D eigenvalue weighted by Crippen LogP contribution is -2.52. The summed E-state index contributed by atoms with van der Waals surface area (Å²) >= 11 is 6.26. The van der Waals surface area contributed by atoms with E-state index >= 15 is 0 Å². The zero-order valence-electron chi connectivity index (χ0n) is 24.4. The van der Waals surface area contributed by atoms with Crippen LogP contribution in [0.5, 0.6) is 5.75 Å². The minimum absolute atomic E-state index is 0.0895. The number of nitrogens with zero attached hydrogens (tertiary/aromatic N) is 2. The molecule has 234 valence electrons. The number of unbranched alkanes of at least 4 members (excludes halogenated alkanes) is 1. The van der Waals surface area contributed by atoms with E-state index in [9.17, 15) is 24.0 Å². The van der Waals surface area contributed by atoms with E-state index in [1.54, 1.807) is 41.3 Å². The first kappa shape index (κ1) is 31.1. The molecule has 2 fully saturated rings. The molecular weight excluding hydrogens is 592 g/mol. The van der Waals surface area contributed by atoms with Crippen LogP contribution in [0.1, 0.15) is 60.5 Å². The summed E-state index contributed by atoms with van der Waals surface area (Å²) < 4.78 is 16.6. The maximum Gasteiger partial charge on any atom is 0.411 e. The highest BCUT2D eigenvalue weighted by Crippen LogP contribution is 2.29. The minimum atomic E-state index is -0.719. The molecule has 12 nitrogen and oxygen atoms in total. The molecule has 2 N–H and O–H groups in total. The fraction of sp³-hybridized carbons (Fsp3) is 0.452. The Kier molecular flexibility index (Phi) is 9.89. The van der Waals surface area contributed by atoms with Crippen molar-refractivity contribution in [1.82, 2.24) is 15.1 Å². The molecule has 3 heterocycles. The van der Waals surface area contributed by atoms with Crippen molar-refractivity contribution in [2.45, 2.75) is 58.2 Å². The minimum Gasteiger partial charge on any atom is -0.493 e. The molecule has 5 amide bonds. The Morgan fingerprint density at radius 2 is 1.93 bits per heavy atom. The van der Waals surface area contributed by atoms with Gasteiger partial charge in [0.15, 0.2) is 0 Å². The van der Waals surface area contributed by atoms with Crippen LogP contribution >= 0.6 is 11.6 Å². The van der Waals surface area contributed by atoms with Crippen molar-refractivity contribution >= 4 is 47.2 Å². The van der Waals surface area contributed by atoms with Crippen molar-refractivity contribution in [1.29, 1.82) is 0 Å². The fourth-order valence-corrected chi connectivity index (χ4v) is 5.68. The third-order valence-corrected chi connectivity index (χ3v) is 8.05. The lowest BCUT2D eigenvalue weighted by molar-refractivity contribution is -0.136. The molecule has 0 saturated carbocycles. The lowest BCUT2D eigenvalue weighted by Gasteiger charge is -2.29. The monoisotopic (exact) mass is 626 g/mol. The summed E-state index contributed by atoms with van der Waals surface area (Å²) in [6.45, 7) is 4.18. The van der Waals surface area contributed by atoms with Crippen molar-refractivity contribution < 1.29 is 38.2 Å². The molecular formula is C31H35ClN4O8. The van der Waals surface area contributed by atoms with Gasteiger partial charge in [0.05, 0.1) is 13.2 Å². The van der Waals surface area contributed by atoms with Crippen LogP contribution in [0, 0.1) is 5.92 Å². The van der Waals surface area contributed by atoms with Gasteiger partial charge >= 0.3 is 12.2 Å². The van der Waals surface area contributed by atoms with Gasteiger partial charge in [-0.05, 0) is 48.6 Å². The smallest absolute Gasteiger partial charge is 0.411 e. The highest BCUT2D eigenvalue weighted by atomic mass is 35.5. The third-order valence-electron chi connectivity index (χ3n) is 7.83. The van der Waals surface area contributed by atoms with Crippen molar-refractivity contribution in [2.75, 3.05) is 31.6 Å². The number of carbonyl (C=O) groups excluding carboxylic acids is 5. The van der Waals surface area contributed by atoms with Gasteiger partial charge in [0.25, 0.3) is 5.91 Å². The molecule has 0 bridgehead atoms. The molecule has 0 aromatic heterocycles. The van der Waals surface area contributed by atoms with Crippen molar-refractivity contribution in [3.63, 3.8) is 0 Å². The van der Waals surface area contributed by atoms with Gasteiger partial charge in [-0.25, -0.2) is 9.59 Å². The number of likely N-dealkylation sites (tertiary alicyclic amines) is 1. The molecule has 2 atom stereocenters. The first-order chi connectivity index (χ1) is 21.2. The van der Waals surface area contributed by atoms with Gasteiger partial charge in [0.1, 0.15) is 18.4 Å². The van der Waals surface area contributed by atoms with E-state index in [1.165, 1.54) is 4.90 Å². The Balaban J connectivity index is 1.10. The lowest BCUT2D eigenvalue weighted by atomic mass is 10.0. The number of benzene rings is 2. The highest BCUT2D eigenvalue weighted by molar-refractivity contribution is 6.31. The summed E-state index contributed by atoms with van der Waals surface area (Å²) in [5, 5.41) is 5.30. The van der Waals surface area contributed by atoms with Gasteiger partial charge in [0.2, 0.25) is 11.8 Å². The van der Waals surface area contributed by atoms with Crippen LogP contribution in [0.15, 0.2) is 36.4 Å². The van der Waals surface area contributed by atoms with Gasteiger partial charge < -0.3 is 24.0 Å². The summed E-state index contributed by atoms with van der Waals surface area (Å²) in [6, 6.07) is 9.33. The predicted molar refractivity (Wildman–Crippen MR) is 159 cm³/mol. The molecule has 44 heavy (non-hydrogen) atoms. The summed E-state index contributed by atoms with van der Waals surface area (Å²) in [5.74, 6) is -0.501. The van der Waals surface area contributed by atoms with Gasteiger partial charge in [-0.15, -0.1) is 0 Å². The van der Waals surface area contributed by atoms with E-state index in [1.807, 2.05) is 6.92 Å². The predicted octanol–water partition coefficient (Wildman–Crippen LogP) is 4.49. The number of ether oxygens (including phenoxy) is 3. The Morgan fingerprint density at radius 1 is 1.09 bits per heavy atom. The number of nitrogens with one attached hydrogen (secondary N) is 2. The number of imide groups is 1. The maximum absolute atomic E-state index is 13.0. The number of carbonyl (C=O) groups is 5. The average Bonchev–Trinajstić information content (AvgIpc) is 3.59. The van der Waals surface area contributed by atoms with E-state index < -0.39 is 18.0 Å². The number of fused-ring (bicyclic) bond motifs is 1. The second-order valence-electron chi connectivity index (χ2n) is 11.1. The highest BCUT2D eigenvalue weighted by Gasteiger charge is 2.39. The van der Waals surface area contributed by atoms with E-state index in [4.69, 9.17) is 25.8 Å². The SMILES string of the molecule is CCCCOC(=O)N1CCC(COc2cc(Cl)cc(NC(=O)OCc3ccc4c(c3)C(=O)N(C3CCC(=O)NC3=O)C4)c2)C1. The number of rotatable bonds is 10. The summed E-state index contributed by atoms with van der Waals surface area (Å²) in [4.78, 5) is 64.7. The summed E-state index contributed by atoms with van der Waals surface area (Å²) in [5.41, 5.74) is 2.18. The maximum atomic E-state index is 13.0. The average molecular weight is 627 g/mol. The second kappa shape index (κ2) is 14.0. The van der Waals surface area contributed by atoms with Gasteiger partial charge in [0, 0.05) is 54.3 Å². The van der Waals surface area contributed by atoms with Crippen LogP contribution in [0.3, 0.4) is 0 Å². The van der Waals surface area contributed by atoms with Crippen LogP contribution in [-0.4, -0.2) is 72.1 Å². The molecule has 3 aliphatic rings. The topological polar surface area (TPSA) is 144 Å². The number of amides is 5. The van der Waals surface area contributed by atoms with Crippen LogP contribution < -0.4 is 15.4 Å². The van der Waals surface area contributed by atoms with E-state index in [0.717, 1.165) is 24.8 Å². The van der Waals surface area contributed by atoms with Crippen molar-refractivity contribution in [3.05, 3.63) is 58.1 Å². The Labute approximate surface area is 259 Å². The van der Waals surface area contributed by atoms with Gasteiger partial charge in [-0.1, -0.05) is 37.1 Å². The van der Waals surface area contributed by atoms with Gasteiger partial charge in [-0.2, -0.15) is 0 Å². The van der Waals surface area contributed by atoms with Crippen LogP contribution in [0.2, 0.25) is 5.02 Å². The number of hydrogen-bond donors (Lipinski definition) is 2. The molecule has 0 aliphatic carbocycles. The first-order valence-corrected chi connectivity index (χ1v) is 15.1. The Hall–Kier alpha value is -4.32. The number of halogens is 1. The number of hydrogen-bond acceptors (Lipinski definition) is 8. The molecule has 13 heteroatoms. The molecule has 3 aliphatic heterocycles. The third kappa shape index (κ3) is 7.60. The van der Waals surface area contributed by atoms with Gasteiger partial charge in [-0.3, -0.25) is 25.0 Å². The zero-order chi connectivity index (χ0) is 31.2. The van der Waals surface area contributed by atoms with E-state index in [0.29, 0.717) is 53.9 Å². The Morgan fingerprint density at radius 3 is 2.73 bits per heavy atom. The zero-order valence-corrected chi connectivity index (χ0v) is 25.2. The standard InChI is InChI=1S/C31H35ClN4O8/c1-2-3-10-42-31(41)35-9-8-20(15-35)18-43-24-13-22(32)12-23(14-24)33-30(40)44-17-19-4-5-21-16-36(29(39)25(21)11-19)26-6-7-27(37)34-28(26)38/h4-5,11-14,20,26H,2-3,6-10,15-18H2,1H3,(H,33,40)(H,34,37,38). The second-order valence-corrected chi connectivity index (χ2v) is 11.6. The molecule has 0 spiro atoms. The summed E-state index contributed by atoms with van der Waals surface area (Å²) in [6.07, 6.45) is 2.05. The fourth-order valence-electron chi connectivity index (χ4n) is 5.46. The Bertz CT molecular complexity index is 1450. The van der Waals surface area contributed by atoms with Crippen molar-refractivity contribution in [2.24, 2.45) is 5.92 Å². The number of anilines is 1. The largest absolute Gasteiger partial charge is 0.493 e. The van der Waals surface area contributed by atoms with Crippen LogP contribution in [0.4, 0.5) is 15.3 Å². The normalized spacial score (nSPS) is 19.5.